The van der Waals surface area contributed by atoms with Gasteiger partial charge in [-0.1, -0.05) is 6.92 Å². The summed E-state index contributed by atoms with van der Waals surface area (Å²) in [5.74, 6) is 1.18. The Bertz CT molecular complexity index is 167. The first-order valence-corrected chi connectivity index (χ1v) is 5.40. The standard InChI is InChI=1S/C11H21NO/c1-10-5-3-7-12(9-10)8-4-6-11(2)13/h10H,3-9H2,1-2H3/t10-/m0/s1. The van der Waals surface area contributed by atoms with Crippen LogP contribution in [0, 0.1) is 5.92 Å². The topological polar surface area (TPSA) is 20.3 Å². The molecule has 0 saturated carbocycles. The van der Waals surface area contributed by atoms with Gasteiger partial charge in [0.1, 0.15) is 5.78 Å². The van der Waals surface area contributed by atoms with Crippen molar-refractivity contribution in [3.63, 3.8) is 0 Å². The average molecular weight is 183 g/mol. The number of hydrogen-bond donors (Lipinski definition) is 0. The van der Waals surface area contributed by atoms with E-state index < -0.39 is 0 Å². The van der Waals surface area contributed by atoms with Gasteiger partial charge in [-0.25, -0.2) is 0 Å². The Morgan fingerprint density at radius 2 is 2.31 bits per heavy atom. The molecule has 0 aromatic rings. The van der Waals surface area contributed by atoms with Crippen molar-refractivity contribution in [1.82, 2.24) is 4.90 Å². The van der Waals surface area contributed by atoms with Gasteiger partial charge in [0, 0.05) is 13.0 Å². The van der Waals surface area contributed by atoms with E-state index in [2.05, 4.69) is 11.8 Å². The fourth-order valence-corrected chi connectivity index (χ4v) is 2.04. The van der Waals surface area contributed by atoms with E-state index in [4.69, 9.17) is 0 Å². The van der Waals surface area contributed by atoms with Crippen LogP contribution in [0.4, 0.5) is 0 Å². The number of carbonyl (C=O) groups is 1. The minimum absolute atomic E-state index is 0.324. The lowest BCUT2D eigenvalue weighted by Crippen LogP contribution is -2.35. The normalized spacial score (nSPS) is 24.6. The summed E-state index contributed by atoms with van der Waals surface area (Å²) < 4.78 is 0. The smallest absolute Gasteiger partial charge is 0.129 e. The van der Waals surface area contributed by atoms with E-state index >= 15 is 0 Å². The SMILES string of the molecule is CC(=O)CCCN1CCC[C@H](C)C1. The molecule has 1 heterocycles. The molecule has 0 unspecified atom stereocenters. The molecule has 1 rings (SSSR count). The van der Waals surface area contributed by atoms with E-state index in [0.717, 1.165) is 25.3 Å². The van der Waals surface area contributed by atoms with Crippen LogP contribution in [0.15, 0.2) is 0 Å². The van der Waals surface area contributed by atoms with Crippen LogP contribution in [-0.2, 0) is 4.79 Å². The summed E-state index contributed by atoms with van der Waals surface area (Å²) >= 11 is 0. The lowest BCUT2D eigenvalue weighted by Gasteiger charge is -2.30. The molecule has 2 heteroatoms. The molecule has 76 valence electrons. The second kappa shape index (κ2) is 5.38. The molecule has 0 bridgehead atoms. The van der Waals surface area contributed by atoms with Crippen LogP contribution in [0.1, 0.15) is 39.5 Å². The van der Waals surface area contributed by atoms with Crippen molar-refractivity contribution >= 4 is 5.78 Å². The van der Waals surface area contributed by atoms with E-state index in [1.165, 1.54) is 25.9 Å². The third-order valence-electron chi connectivity index (χ3n) is 2.74. The Labute approximate surface area is 81.3 Å². The quantitative estimate of drug-likeness (QED) is 0.665. The van der Waals surface area contributed by atoms with Crippen molar-refractivity contribution in [3.05, 3.63) is 0 Å². The van der Waals surface area contributed by atoms with Gasteiger partial charge in [0.15, 0.2) is 0 Å². The first-order valence-electron chi connectivity index (χ1n) is 5.40. The molecule has 2 nitrogen and oxygen atoms in total. The average Bonchev–Trinajstić information content (AvgIpc) is 2.03. The van der Waals surface area contributed by atoms with Crippen LogP contribution in [0.5, 0.6) is 0 Å². The zero-order valence-electron chi connectivity index (χ0n) is 8.88. The van der Waals surface area contributed by atoms with E-state index in [-0.39, 0.29) is 0 Å². The van der Waals surface area contributed by atoms with Gasteiger partial charge in [0.05, 0.1) is 0 Å². The summed E-state index contributed by atoms with van der Waals surface area (Å²) in [6, 6.07) is 0. The fraction of sp³-hybridized carbons (Fsp3) is 0.909. The molecule has 0 amide bonds. The largest absolute Gasteiger partial charge is 0.303 e. The van der Waals surface area contributed by atoms with Crippen molar-refractivity contribution in [1.29, 1.82) is 0 Å². The van der Waals surface area contributed by atoms with Crippen LogP contribution in [0.3, 0.4) is 0 Å². The minimum atomic E-state index is 0.324. The van der Waals surface area contributed by atoms with E-state index in [9.17, 15) is 4.79 Å². The van der Waals surface area contributed by atoms with E-state index in [0.29, 0.717) is 5.78 Å². The third kappa shape index (κ3) is 4.41. The van der Waals surface area contributed by atoms with Gasteiger partial charge in [-0.2, -0.15) is 0 Å². The molecule has 0 radical (unpaired) electrons. The van der Waals surface area contributed by atoms with Gasteiger partial charge in [0.2, 0.25) is 0 Å². The first kappa shape index (κ1) is 10.7. The molecule has 1 fully saturated rings. The molecule has 0 N–H and O–H groups in total. The zero-order valence-corrected chi connectivity index (χ0v) is 8.88. The molecule has 0 aromatic heterocycles. The predicted octanol–water partition coefficient (Wildman–Crippen LogP) is 2.09. The maximum absolute atomic E-state index is 10.7. The zero-order chi connectivity index (χ0) is 9.68. The molecule has 13 heavy (non-hydrogen) atoms. The highest BCUT2D eigenvalue weighted by Crippen LogP contribution is 2.15. The van der Waals surface area contributed by atoms with E-state index in [1.54, 1.807) is 6.92 Å². The Morgan fingerprint density at radius 3 is 2.92 bits per heavy atom. The summed E-state index contributed by atoms with van der Waals surface area (Å²) in [6.07, 6.45) is 4.51. The van der Waals surface area contributed by atoms with Crippen LogP contribution >= 0.6 is 0 Å². The molecule has 0 aliphatic carbocycles. The highest BCUT2D eigenvalue weighted by molar-refractivity contribution is 5.75. The first-order chi connectivity index (χ1) is 6.18. The van der Waals surface area contributed by atoms with Crippen molar-refractivity contribution in [3.8, 4) is 0 Å². The fourth-order valence-electron chi connectivity index (χ4n) is 2.04. The molecule has 0 spiro atoms. The van der Waals surface area contributed by atoms with Crippen molar-refractivity contribution in [2.24, 2.45) is 5.92 Å². The number of likely N-dealkylation sites (tertiary alicyclic amines) is 1. The summed E-state index contributed by atoms with van der Waals surface area (Å²) in [5, 5.41) is 0. The van der Waals surface area contributed by atoms with Crippen LogP contribution in [0.25, 0.3) is 0 Å². The number of ketones is 1. The molecular weight excluding hydrogens is 162 g/mol. The number of carbonyl (C=O) groups excluding carboxylic acids is 1. The van der Waals surface area contributed by atoms with Gasteiger partial charge in [-0.3, -0.25) is 0 Å². The van der Waals surface area contributed by atoms with Gasteiger partial charge in [-0.05, 0) is 45.2 Å². The molecule has 1 atom stereocenters. The maximum Gasteiger partial charge on any atom is 0.129 e. The Balaban J connectivity index is 2.10. The summed E-state index contributed by atoms with van der Waals surface area (Å²) in [6.45, 7) is 7.58. The third-order valence-corrected chi connectivity index (χ3v) is 2.74. The number of piperidine rings is 1. The van der Waals surface area contributed by atoms with E-state index in [1.807, 2.05) is 0 Å². The summed E-state index contributed by atoms with van der Waals surface area (Å²) in [5.41, 5.74) is 0. The number of hydrogen-bond acceptors (Lipinski definition) is 2. The second-order valence-electron chi connectivity index (χ2n) is 4.35. The van der Waals surface area contributed by atoms with Gasteiger partial charge in [-0.15, -0.1) is 0 Å². The Morgan fingerprint density at radius 1 is 1.54 bits per heavy atom. The minimum Gasteiger partial charge on any atom is -0.303 e. The van der Waals surface area contributed by atoms with Crippen molar-refractivity contribution in [2.45, 2.75) is 39.5 Å². The highest BCUT2D eigenvalue weighted by atomic mass is 16.1. The van der Waals surface area contributed by atoms with Gasteiger partial charge < -0.3 is 9.69 Å². The second-order valence-corrected chi connectivity index (χ2v) is 4.35. The molecular formula is C11H21NO. The van der Waals surface area contributed by atoms with Gasteiger partial charge in [0.25, 0.3) is 0 Å². The highest BCUT2D eigenvalue weighted by Gasteiger charge is 2.15. The number of Topliss-reactive ketones (excluding diaryl/α,β-unsaturated/α-hetero) is 1. The van der Waals surface area contributed by atoms with Crippen LogP contribution in [0.2, 0.25) is 0 Å². The van der Waals surface area contributed by atoms with Crippen LogP contribution < -0.4 is 0 Å². The van der Waals surface area contributed by atoms with Crippen LogP contribution in [-0.4, -0.2) is 30.3 Å². The monoisotopic (exact) mass is 183 g/mol. The van der Waals surface area contributed by atoms with Crippen molar-refractivity contribution in [2.75, 3.05) is 19.6 Å². The lowest BCUT2D eigenvalue weighted by atomic mass is 10.00. The molecule has 1 saturated heterocycles. The van der Waals surface area contributed by atoms with Crippen molar-refractivity contribution < 1.29 is 4.79 Å². The lowest BCUT2D eigenvalue weighted by molar-refractivity contribution is -0.117. The Hall–Kier alpha value is -0.370. The number of nitrogens with zero attached hydrogens (tertiary/aromatic N) is 1. The summed E-state index contributed by atoms with van der Waals surface area (Å²) in [4.78, 5) is 13.2. The number of rotatable bonds is 4. The maximum atomic E-state index is 10.7. The predicted molar refractivity (Wildman–Crippen MR) is 54.8 cm³/mol. The molecule has 1 aliphatic heterocycles. The molecule has 1 aliphatic rings. The molecule has 0 aromatic carbocycles. The van der Waals surface area contributed by atoms with Gasteiger partial charge >= 0.3 is 0 Å². The Kier molecular flexibility index (Phi) is 4.43. The summed E-state index contributed by atoms with van der Waals surface area (Å²) in [7, 11) is 0.